The molecule has 3 N–H and O–H groups in total. The van der Waals surface area contributed by atoms with Crippen LogP contribution in [0.1, 0.15) is 169 Å². The molecule has 3 atom stereocenters. The first kappa shape index (κ1) is 50.3. The third-order valence-corrected chi connectivity index (χ3v) is 8.91. The largest absolute Gasteiger partial charge is 0.491 e. The van der Waals surface area contributed by atoms with Gasteiger partial charge in [-0.1, -0.05) is 78.6 Å². The molecule has 0 spiro atoms. The maximum Gasteiger partial charge on any atom is 0.341 e. The van der Waals surface area contributed by atoms with Crippen molar-refractivity contribution in [3.05, 3.63) is 88.7 Å². The number of carbonyl (C=O) groups is 3. The molecular weight excluding hydrogens is 741 g/mol. The number of rotatable bonds is 24. The lowest BCUT2D eigenvalue weighted by Crippen LogP contribution is -2.13. The highest BCUT2D eigenvalue weighted by molar-refractivity contribution is 5.89. The highest BCUT2D eigenvalue weighted by atomic mass is 19.1. The predicted molar refractivity (Wildman–Crippen MR) is 217 cm³/mol. The Labute approximate surface area is 336 Å². The minimum absolute atomic E-state index is 0.00642. The van der Waals surface area contributed by atoms with E-state index < -0.39 is 40.9 Å². The van der Waals surface area contributed by atoms with Crippen molar-refractivity contribution < 1.29 is 57.1 Å². The van der Waals surface area contributed by atoms with Crippen molar-refractivity contribution in [3.8, 4) is 17.2 Å². The van der Waals surface area contributed by atoms with E-state index in [1.54, 1.807) is 24.3 Å². The molecule has 0 radical (unpaired) electrons. The zero-order chi connectivity index (χ0) is 42.8. The summed E-state index contributed by atoms with van der Waals surface area (Å²) in [5, 5.41) is 26.2. The maximum atomic E-state index is 13.5. The Balaban J connectivity index is 0.000000428. The Morgan fingerprint density at radius 2 is 0.877 bits per heavy atom. The lowest BCUT2D eigenvalue weighted by atomic mass is 10.1. The summed E-state index contributed by atoms with van der Waals surface area (Å²) in [6.07, 6.45) is 16.8. The van der Waals surface area contributed by atoms with Gasteiger partial charge in [0.1, 0.15) is 40.3 Å². The molecule has 0 heterocycles. The molecule has 3 aromatic carbocycles. The third kappa shape index (κ3) is 21.4. The number of carboxylic acids is 3. The number of unbranched alkanes of at least 4 members (excludes halogenated alkanes) is 9. The number of carboxylic acid groups (broad SMARTS) is 3. The van der Waals surface area contributed by atoms with Crippen LogP contribution >= 0.6 is 0 Å². The van der Waals surface area contributed by atoms with Crippen LogP contribution in [0.15, 0.2) is 54.6 Å². The van der Waals surface area contributed by atoms with Crippen molar-refractivity contribution >= 4 is 17.9 Å². The van der Waals surface area contributed by atoms with Gasteiger partial charge in [-0.25, -0.2) is 27.6 Å². The van der Waals surface area contributed by atoms with E-state index in [1.165, 1.54) is 57.1 Å². The third-order valence-electron chi connectivity index (χ3n) is 8.91. The predicted octanol–water partition coefficient (Wildman–Crippen LogP) is 12.8. The molecule has 0 fully saturated rings. The SMILES string of the molecule is CCCCCCC(C)Oc1cc(F)c(C(=O)O)c(F)c1.CCCCCCC(C)Oc1ccc(C(=O)O)c(F)c1.CCCCCCC(C)Oc1ccc(C(=O)O)cc1. The first-order chi connectivity index (χ1) is 27.1. The second-order valence-electron chi connectivity index (χ2n) is 14.2. The molecule has 0 amide bonds. The molecule has 9 nitrogen and oxygen atoms in total. The van der Waals surface area contributed by atoms with E-state index in [0.717, 1.165) is 75.3 Å². The van der Waals surface area contributed by atoms with Gasteiger partial charge in [-0.15, -0.1) is 0 Å². The van der Waals surface area contributed by atoms with Gasteiger partial charge in [0.2, 0.25) is 0 Å². The molecule has 3 aromatic rings. The van der Waals surface area contributed by atoms with E-state index in [2.05, 4.69) is 27.7 Å². The first-order valence-electron chi connectivity index (χ1n) is 20.2. The van der Waals surface area contributed by atoms with Crippen molar-refractivity contribution in [3.63, 3.8) is 0 Å². The topological polar surface area (TPSA) is 140 Å². The van der Waals surface area contributed by atoms with Crippen LogP contribution in [-0.4, -0.2) is 51.5 Å². The summed E-state index contributed by atoms with van der Waals surface area (Å²) >= 11 is 0. The van der Waals surface area contributed by atoms with Gasteiger partial charge in [0.15, 0.2) is 0 Å². The zero-order valence-corrected chi connectivity index (χ0v) is 34.5. The van der Waals surface area contributed by atoms with Gasteiger partial charge < -0.3 is 29.5 Å². The Morgan fingerprint density at radius 3 is 1.25 bits per heavy atom. The molecule has 0 saturated carbocycles. The summed E-state index contributed by atoms with van der Waals surface area (Å²) in [6.45, 7) is 12.3. The van der Waals surface area contributed by atoms with Crippen molar-refractivity contribution in [2.45, 2.75) is 156 Å². The van der Waals surface area contributed by atoms with Crippen LogP contribution < -0.4 is 14.2 Å². The molecule has 3 unspecified atom stereocenters. The van der Waals surface area contributed by atoms with Crippen LogP contribution in [0, 0.1) is 17.5 Å². The Bertz CT molecular complexity index is 1590. The second kappa shape index (κ2) is 28.6. The van der Waals surface area contributed by atoms with Gasteiger partial charge >= 0.3 is 17.9 Å². The van der Waals surface area contributed by atoms with Crippen molar-refractivity contribution in [2.75, 3.05) is 0 Å². The summed E-state index contributed by atoms with van der Waals surface area (Å²) in [5.74, 6) is -5.66. The van der Waals surface area contributed by atoms with Crippen LogP contribution in [-0.2, 0) is 0 Å². The Hall–Kier alpha value is -4.74. The van der Waals surface area contributed by atoms with Gasteiger partial charge in [0, 0.05) is 18.2 Å². The number of aromatic carboxylic acids is 3. The van der Waals surface area contributed by atoms with Gasteiger partial charge in [0.25, 0.3) is 0 Å². The fraction of sp³-hybridized carbons (Fsp3) is 0.533. The normalized spacial score (nSPS) is 12.2. The minimum atomic E-state index is -1.63. The average Bonchev–Trinajstić information content (AvgIpc) is 3.14. The molecular formula is C45H63F3O9. The lowest BCUT2D eigenvalue weighted by molar-refractivity contribution is 0.0676. The molecule has 0 bridgehead atoms. The fourth-order valence-corrected chi connectivity index (χ4v) is 5.69. The van der Waals surface area contributed by atoms with Crippen LogP contribution in [0.2, 0.25) is 0 Å². The summed E-state index contributed by atoms with van der Waals surface area (Å²) in [7, 11) is 0. The van der Waals surface area contributed by atoms with Crippen LogP contribution in [0.3, 0.4) is 0 Å². The maximum absolute atomic E-state index is 13.5. The van der Waals surface area contributed by atoms with Gasteiger partial charge in [-0.3, -0.25) is 0 Å². The Kier molecular flexibility index (Phi) is 25.2. The highest BCUT2D eigenvalue weighted by Gasteiger charge is 2.19. The van der Waals surface area contributed by atoms with Gasteiger partial charge in [-0.2, -0.15) is 0 Å². The number of benzene rings is 3. The zero-order valence-electron chi connectivity index (χ0n) is 34.5. The van der Waals surface area contributed by atoms with Gasteiger partial charge in [-0.05, 0) is 95.7 Å². The second-order valence-corrected chi connectivity index (χ2v) is 14.2. The summed E-state index contributed by atoms with van der Waals surface area (Å²) in [4.78, 5) is 32.0. The molecule has 0 aliphatic heterocycles. The average molecular weight is 805 g/mol. The highest BCUT2D eigenvalue weighted by Crippen LogP contribution is 2.23. The van der Waals surface area contributed by atoms with Crippen molar-refractivity contribution in [1.29, 1.82) is 0 Å². The van der Waals surface area contributed by atoms with Crippen LogP contribution in [0.4, 0.5) is 13.2 Å². The number of ether oxygens (including phenoxy) is 3. The Morgan fingerprint density at radius 1 is 0.491 bits per heavy atom. The minimum Gasteiger partial charge on any atom is -0.491 e. The lowest BCUT2D eigenvalue weighted by Gasteiger charge is -2.15. The molecule has 0 saturated heterocycles. The molecule has 0 aromatic heterocycles. The van der Waals surface area contributed by atoms with E-state index >= 15 is 0 Å². The summed E-state index contributed by atoms with van der Waals surface area (Å²) in [6, 6.07) is 12.3. The smallest absolute Gasteiger partial charge is 0.341 e. The number of halogens is 3. The van der Waals surface area contributed by atoms with E-state index in [0.29, 0.717) is 5.75 Å². The molecule has 318 valence electrons. The van der Waals surface area contributed by atoms with Crippen molar-refractivity contribution in [1.82, 2.24) is 0 Å². The van der Waals surface area contributed by atoms with E-state index in [4.69, 9.17) is 29.5 Å². The molecule has 3 rings (SSSR count). The first-order valence-corrected chi connectivity index (χ1v) is 20.2. The molecule has 0 aliphatic rings. The molecule has 12 heteroatoms. The van der Waals surface area contributed by atoms with Gasteiger partial charge in [0.05, 0.1) is 29.4 Å². The van der Waals surface area contributed by atoms with E-state index in [1.807, 2.05) is 13.8 Å². The van der Waals surface area contributed by atoms with E-state index in [-0.39, 0.29) is 35.2 Å². The molecule has 57 heavy (non-hydrogen) atoms. The number of hydrogen-bond acceptors (Lipinski definition) is 6. The number of hydrogen-bond donors (Lipinski definition) is 3. The monoisotopic (exact) mass is 804 g/mol. The fourth-order valence-electron chi connectivity index (χ4n) is 5.69. The van der Waals surface area contributed by atoms with Crippen LogP contribution in [0.5, 0.6) is 17.2 Å². The summed E-state index contributed by atoms with van der Waals surface area (Å²) < 4.78 is 57.1. The van der Waals surface area contributed by atoms with Crippen LogP contribution in [0.25, 0.3) is 0 Å². The quantitative estimate of drug-likeness (QED) is 0.0755. The van der Waals surface area contributed by atoms with Crippen molar-refractivity contribution in [2.24, 2.45) is 0 Å². The standard InChI is InChI=1S/C15H20F2O3.C15H21FO3.C15H22O3/c1-3-4-5-6-7-10(2)20-11-8-12(16)14(15(18)19)13(17)9-11;1-3-4-5-6-7-11(2)19-12-8-9-13(15(17)18)14(16)10-12;1-3-4-5-6-7-12(2)18-14-10-8-13(9-11-14)15(16)17/h8-10H,3-7H2,1-2H3,(H,18,19);8-11H,3-7H2,1-2H3,(H,17,18);8-12H,3-7H2,1-2H3,(H,16,17). The van der Waals surface area contributed by atoms with E-state index in [9.17, 15) is 27.6 Å². The molecule has 0 aliphatic carbocycles. The summed E-state index contributed by atoms with van der Waals surface area (Å²) in [5.41, 5.74) is -0.992.